The Morgan fingerprint density at radius 2 is 2.06 bits per heavy atom. The van der Waals surface area contributed by atoms with Gasteiger partial charge in [-0.05, 0) is 18.9 Å². The van der Waals surface area contributed by atoms with Crippen LogP contribution in [0.3, 0.4) is 0 Å². The van der Waals surface area contributed by atoms with Gasteiger partial charge >= 0.3 is 0 Å². The van der Waals surface area contributed by atoms with E-state index >= 15 is 0 Å². The third-order valence-electron chi connectivity index (χ3n) is 3.53. The summed E-state index contributed by atoms with van der Waals surface area (Å²) in [7, 11) is 1.25. The zero-order valence-electron chi connectivity index (χ0n) is 9.93. The number of hydrogen-bond donors (Lipinski definition) is 2. The second kappa shape index (κ2) is 4.53. The minimum atomic E-state index is -1.05. The van der Waals surface area contributed by atoms with E-state index in [0.29, 0.717) is 12.8 Å². The molecule has 1 fully saturated rings. The molecule has 0 aliphatic heterocycles. The molecule has 6 heteroatoms. The molecule has 1 aromatic carbocycles. The smallest absolute Gasteiger partial charge is 0.244 e. The highest BCUT2D eigenvalue weighted by atomic mass is 19.1. The van der Waals surface area contributed by atoms with Gasteiger partial charge in [0.2, 0.25) is 5.91 Å². The molecule has 1 amide bonds. The number of halogens is 2. The van der Waals surface area contributed by atoms with E-state index in [0.717, 1.165) is 18.6 Å². The number of carbonyl (C=O) groups excluding carboxylic acids is 1. The molecule has 18 heavy (non-hydrogen) atoms. The molecule has 98 valence electrons. The van der Waals surface area contributed by atoms with Crippen molar-refractivity contribution < 1.29 is 18.3 Å². The molecule has 0 saturated heterocycles. The fraction of sp³-hybridized carbons (Fsp3) is 0.417. The van der Waals surface area contributed by atoms with Crippen LogP contribution in [0.4, 0.5) is 8.78 Å². The number of benzene rings is 1. The Labute approximate surface area is 103 Å². The highest BCUT2D eigenvalue weighted by Gasteiger charge is 2.47. The van der Waals surface area contributed by atoms with Gasteiger partial charge in [0.15, 0.2) is 11.6 Å². The first-order valence-electron chi connectivity index (χ1n) is 5.59. The number of hydrogen-bond acceptors (Lipinski definition) is 3. The maximum Gasteiger partial charge on any atom is 0.244 e. The van der Waals surface area contributed by atoms with E-state index in [4.69, 9.17) is 10.6 Å². The van der Waals surface area contributed by atoms with Crippen molar-refractivity contribution in [3.05, 3.63) is 29.3 Å². The first-order valence-corrected chi connectivity index (χ1v) is 5.59. The Hall–Kier alpha value is -1.69. The maximum absolute atomic E-state index is 14.0. The number of ether oxygens (including phenoxy) is 1. The van der Waals surface area contributed by atoms with Crippen LogP contribution >= 0.6 is 0 Å². The summed E-state index contributed by atoms with van der Waals surface area (Å²) < 4.78 is 32.3. The van der Waals surface area contributed by atoms with Gasteiger partial charge in [0, 0.05) is 11.6 Å². The number of carbonyl (C=O) groups is 1. The summed E-state index contributed by atoms with van der Waals surface area (Å²) in [4.78, 5) is 11.8. The van der Waals surface area contributed by atoms with E-state index < -0.39 is 23.0 Å². The summed E-state index contributed by atoms with van der Waals surface area (Å²) in [6.45, 7) is 0. The third-order valence-corrected chi connectivity index (χ3v) is 3.53. The lowest BCUT2D eigenvalue weighted by Gasteiger charge is -2.40. The quantitative estimate of drug-likeness (QED) is 0.488. The Kier molecular flexibility index (Phi) is 3.21. The fourth-order valence-electron chi connectivity index (χ4n) is 2.34. The average Bonchev–Trinajstić information content (AvgIpc) is 2.31. The van der Waals surface area contributed by atoms with Gasteiger partial charge in [0.1, 0.15) is 5.82 Å². The number of nitrogens with two attached hydrogens (primary N) is 1. The number of methoxy groups -OCH3 is 1. The van der Waals surface area contributed by atoms with Gasteiger partial charge in [-0.25, -0.2) is 14.6 Å². The average molecular weight is 256 g/mol. The lowest BCUT2D eigenvalue weighted by atomic mass is 9.63. The van der Waals surface area contributed by atoms with Crippen molar-refractivity contribution in [3.63, 3.8) is 0 Å². The molecular weight excluding hydrogens is 242 g/mol. The molecule has 0 radical (unpaired) electrons. The molecule has 1 saturated carbocycles. The van der Waals surface area contributed by atoms with Gasteiger partial charge in [-0.15, -0.1) is 0 Å². The van der Waals surface area contributed by atoms with Crippen molar-refractivity contribution in [1.29, 1.82) is 0 Å². The normalized spacial score (nSPS) is 16.9. The molecular formula is C12H14F2N2O2. The molecule has 0 heterocycles. The molecule has 0 unspecified atom stereocenters. The second-order valence-corrected chi connectivity index (χ2v) is 4.38. The molecule has 1 aliphatic carbocycles. The zero-order chi connectivity index (χ0) is 13.3. The van der Waals surface area contributed by atoms with E-state index in [1.807, 2.05) is 5.43 Å². The number of nitrogens with one attached hydrogen (secondary N) is 1. The van der Waals surface area contributed by atoms with E-state index in [9.17, 15) is 13.6 Å². The van der Waals surface area contributed by atoms with Crippen molar-refractivity contribution in [3.8, 4) is 5.75 Å². The summed E-state index contributed by atoms with van der Waals surface area (Å²) in [5, 5.41) is 0. The van der Waals surface area contributed by atoms with Crippen LogP contribution < -0.4 is 16.0 Å². The second-order valence-electron chi connectivity index (χ2n) is 4.38. The first kappa shape index (κ1) is 12.8. The molecule has 4 nitrogen and oxygen atoms in total. The highest BCUT2D eigenvalue weighted by molar-refractivity contribution is 5.88. The molecule has 0 atom stereocenters. The van der Waals surface area contributed by atoms with Crippen LogP contribution in [0.15, 0.2) is 12.1 Å². The topological polar surface area (TPSA) is 64.3 Å². The van der Waals surface area contributed by atoms with Crippen LogP contribution in [0.2, 0.25) is 0 Å². The predicted octanol–water partition coefficient (Wildman–Crippen LogP) is 1.38. The summed E-state index contributed by atoms with van der Waals surface area (Å²) in [5.74, 6) is 3.09. The van der Waals surface area contributed by atoms with Crippen molar-refractivity contribution in [2.75, 3.05) is 7.11 Å². The summed E-state index contributed by atoms with van der Waals surface area (Å²) >= 11 is 0. The van der Waals surface area contributed by atoms with Gasteiger partial charge in [0.05, 0.1) is 12.5 Å². The summed E-state index contributed by atoms with van der Waals surface area (Å²) in [6, 6.07) is 1.97. The first-order chi connectivity index (χ1) is 8.55. The molecule has 1 aromatic rings. The van der Waals surface area contributed by atoms with E-state index in [1.165, 1.54) is 7.11 Å². The fourth-order valence-corrected chi connectivity index (χ4v) is 2.34. The number of hydrazine groups is 1. The molecule has 0 bridgehead atoms. The van der Waals surface area contributed by atoms with Gasteiger partial charge in [0.25, 0.3) is 0 Å². The Morgan fingerprint density at radius 1 is 1.39 bits per heavy atom. The Morgan fingerprint density at radius 3 is 2.50 bits per heavy atom. The van der Waals surface area contributed by atoms with Crippen LogP contribution in [0.1, 0.15) is 24.8 Å². The van der Waals surface area contributed by atoms with Crippen molar-refractivity contribution in [2.24, 2.45) is 5.84 Å². The molecule has 3 N–H and O–H groups in total. The third kappa shape index (κ3) is 1.73. The highest BCUT2D eigenvalue weighted by Crippen LogP contribution is 2.45. The Bertz CT molecular complexity index is 487. The lowest BCUT2D eigenvalue weighted by Crippen LogP contribution is -2.51. The molecule has 0 spiro atoms. The van der Waals surface area contributed by atoms with Crippen LogP contribution in [0.25, 0.3) is 0 Å². The predicted molar refractivity (Wildman–Crippen MR) is 60.8 cm³/mol. The number of rotatable bonds is 3. The van der Waals surface area contributed by atoms with Crippen LogP contribution in [-0.4, -0.2) is 13.0 Å². The van der Waals surface area contributed by atoms with Crippen LogP contribution in [0, 0.1) is 11.6 Å². The number of amides is 1. The van der Waals surface area contributed by atoms with Gasteiger partial charge in [-0.3, -0.25) is 10.2 Å². The van der Waals surface area contributed by atoms with Crippen LogP contribution in [0.5, 0.6) is 5.75 Å². The minimum absolute atomic E-state index is 0.0370. The van der Waals surface area contributed by atoms with Gasteiger partial charge in [-0.2, -0.15) is 0 Å². The monoisotopic (exact) mass is 256 g/mol. The molecule has 2 rings (SSSR count). The van der Waals surface area contributed by atoms with Gasteiger partial charge < -0.3 is 4.74 Å². The zero-order valence-corrected chi connectivity index (χ0v) is 9.93. The molecule has 1 aliphatic rings. The van der Waals surface area contributed by atoms with E-state index in [-0.39, 0.29) is 11.3 Å². The van der Waals surface area contributed by atoms with Crippen LogP contribution in [-0.2, 0) is 10.2 Å². The van der Waals surface area contributed by atoms with Crippen molar-refractivity contribution in [2.45, 2.75) is 24.7 Å². The van der Waals surface area contributed by atoms with E-state index in [1.54, 1.807) is 0 Å². The summed E-state index contributed by atoms with van der Waals surface area (Å²) in [6.07, 6.45) is 1.69. The summed E-state index contributed by atoms with van der Waals surface area (Å²) in [5.41, 5.74) is 1.01. The standard InChI is InChI=1S/C12H14F2N2O2/c1-18-10-6-8(13)7(5-9(10)14)12(3-2-4-12)11(17)16-15/h5-6H,2-4,15H2,1H3,(H,16,17). The minimum Gasteiger partial charge on any atom is -0.494 e. The largest absolute Gasteiger partial charge is 0.494 e. The lowest BCUT2D eigenvalue weighted by molar-refractivity contribution is -0.130. The van der Waals surface area contributed by atoms with Gasteiger partial charge in [-0.1, -0.05) is 6.42 Å². The van der Waals surface area contributed by atoms with Crippen molar-refractivity contribution >= 4 is 5.91 Å². The Balaban J connectivity index is 2.50. The molecule has 0 aromatic heterocycles. The van der Waals surface area contributed by atoms with E-state index in [2.05, 4.69) is 0 Å². The SMILES string of the molecule is COc1cc(F)c(C2(C(=O)NN)CCC2)cc1F. The maximum atomic E-state index is 14.0. The van der Waals surface area contributed by atoms with Crippen molar-refractivity contribution in [1.82, 2.24) is 5.43 Å².